The molecule has 0 spiro atoms. The predicted octanol–water partition coefficient (Wildman–Crippen LogP) is 2.68. The number of benzene rings is 1. The second-order valence-corrected chi connectivity index (χ2v) is 4.60. The Hall–Kier alpha value is -1.07. The van der Waals surface area contributed by atoms with Crippen LogP contribution in [0.3, 0.4) is 0 Å². The Kier molecular flexibility index (Phi) is 6.00. The third-order valence-corrected chi connectivity index (χ3v) is 3.03. The summed E-state index contributed by atoms with van der Waals surface area (Å²) in [6.45, 7) is 4.74. The van der Waals surface area contributed by atoms with Gasteiger partial charge in [-0.1, -0.05) is 6.08 Å². The van der Waals surface area contributed by atoms with E-state index in [2.05, 4.69) is 11.9 Å². The zero-order valence-electron chi connectivity index (χ0n) is 9.38. The fourth-order valence-corrected chi connectivity index (χ4v) is 1.89. The molecular formula is C12H15F2NOS. The molecule has 5 heteroatoms. The van der Waals surface area contributed by atoms with Crippen molar-refractivity contribution in [1.29, 1.82) is 0 Å². The number of phenolic OH excluding ortho intramolecular Hbond substituents is 1. The van der Waals surface area contributed by atoms with Gasteiger partial charge in [0.2, 0.25) is 0 Å². The van der Waals surface area contributed by atoms with E-state index >= 15 is 0 Å². The minimum atomic E-state index is -0.928. The maximum absolute atomic E-state index is 13.0. The first kappa shape index (κ1) is 14.0. The summed E-state index contributed by atoms with van der Waals surface area (Å²) in [6.07, 6.45) is 1.83. The van der Waals surface area contributed by atoms with Crippen molar-refractivity contribution in [3.05, 3.63) is 42.0 Å². The number of thioether (sulfide) groups is 1. The summed E-state index contributed by atoms with van der Waals surface area (Å²) in [6, 6.07) is 2.25. The fourth-order valence-electron chi connectivity index (χ4n) is 1.26. The highest BCUT2D eigenvalue weighted by Gasteiger charge is 2.08. The Morgan fingerprint density at radius 2 is 2.00 bits per heavy atom. The first-order valence-electron chi connectivity index (χ1n) is 5.21. The molecule has 0 bridgehead atoms. The molecule has 2 nitrogen and oxygen atoms in total. The van der Waals surface area contributed by atoms with Gasteiger partial charge in [-0.2, -0.15) is 11.8 Å². The molecule has 0 amide bonds. The molecule has 0 radical (unpaired) electrons. The number of aromatic hydroxyl groups is 1. The molecule has 1 aromatic rings. The lowest BCUT2D eigenvalue weighted by Gasteiger charge is -2.06. The van der Waals surface area contributed by atoms with Crippen LogP contribution in [0.4, 0.5) is 8.78 Å². The quantitative estimate of drug-likeness (QED) is 0.583. The minimum absolute atomic E-state index is 0.378. The lowest BCUT2D eigenvalue weighted by molar-refractivity contribution is 0.395. The molecule has 17 heavy (non-hydrogen) atoms. The molecule has 0 aromatic heterocycles. The number of rotatable bonds is 7. The first-order chi connectivity index (χ1) is 8.15. The fraction of sp³-hybridized carbons (Fsp3) is 0.333. The van der Waals surface area contributed by atoms with Crippen LogP contribution in [-0.2, 0) is 6.54 Å². The van der Waals surface area contributed by atoms with E-state index in [1.165, 1.54) is 0 Å². The molecule has 0 fully saturated rings. The second kappa shape index (κ2) is 7.29. The maximum Gasteiger partial charge on any atom is 0.187 e. The molecule has 0 saturated heterocycles. The smallest absolute Gasteiger partial charge is 0.187 e. The maximum atomic E-state index is 13.0. The number of hydrogen-bond acceptors (Lipinski definition) is 3. The lowest BCUT2D eigenvalue weighted by atomic mass is 10.2. The normalized spacial score (nSPS) is 10.5. The standard InChI is InChI=1S/C12H15F2NOS/c1-2-4-17-5-3-15-8-9-6-10(13)12(16)11(14)7-9/h2,6-7,15-16H,1,3-5,8H2. The summed E-state index contributed by atoms with van der Waals surface area (Å²) in [5, 5.41) is 12.0. The number of phenols is 1. The molecule has 0 atom stereocenters. The van der Waals surface area contributed by atoms with Crippen molar-refractivity contribution in [3.8, 4) is 5.75 Å². The van der Waals surface area contributed by atoms with Gasteiger partial charge in [-0.25, -0.2) is 8.78 Å². The van der Waals surface area contributed by atoms with Gasteiger partial charge in [0, 0.05) is 24.6 Å². The first-order valence-corrected chi connectivity index (χ1v) is 6.37. The van der Waals surface area contributed by atoms with Crippen LogP contribution in [0.15, 0.2) is 24.8 Å². The van der Waals surface area contributed by atoms with Gasteiger partial charge in [0.15, 0.2) is 17.4 Å². The van der Waals surface area contributed by atoms with Crippen LogP contribution in [0, 0.1) is 11.6 Å². The summed E-state index contributed by atoms with van der Waals surface area (Å²) in [5.74, 6) is -0.972. The highest BCUT2D eigenvalue weighted by atomic mass is 32.2. The van der Waals surface area contributed by atoms with Gasteiger partial charge in [0.25, 0.3) is 0 Å². The van der Waals surface area contributed by atoms with E-state index in [1.807, 2.05) is 6.08 Å². The molecular weight excluding hydrogens is 244 g/mol. The molecule has 94 valence electrons. The predicted molar refractivity (Wildman–Crippen MR) is 67.3 cm³/mol. The molecule has 0 heterocycles. The minimum Gasteiger partial charge on any atom is -0.503 e. The summed E-state index contributed by atoms with van der Waals surface area (Å²) in [5.41, 5.74) is 0.478. The average molecular weight is 259 g/mol. The van der Waals surface area contributed by atoms with Gasteiger partial charge in [-0.15, -0.1) is 6.58 Å². The molecule has 1 rings (SSSR count). The summed E-state index contributed by atoms with van der Waals surface area (Å²) in [4.78, 5) is 0. The molecule has 0 aliphatic heterocycles. The van der Waals surface area contributed by atoms with Crippen molar-refractivity contribution >= 4 is 11.8 Å². The van der Waals surface area contributed by atoms with Crippen LogP contribution in [-0.4, -0.2) is 23.2 Å². The Labute approximate surface area is 104 Å². The summed E-state index contributed by atoms with van der Waals surface area (Å²) < 4.78 is 26.0. The number of nitrogens with one attached hydrogen (secondary N) is 1. The highest BCUT2D eigenvalue weighted by molar-refractivity contribution is 7.99. The number of hydrogen-bond donors (Lipinski definition) is 2. The van der Waals surface area contributed by atoms with E-state index in [1.54, 1.807) is 11.8 Å². The van der Waals surface area contributed by atoms with Gasteiger partial charge in [0.1, 0.15) is 0 Å². The van der Waals surface area contributed by atoms with Crippen LogP contribution in [0.5, 0.6) is 5.75 Å². The highest BCUT2D eigenvalue weighted by Crippen LogP contribution is 2.21. The number of halogens is 2. The third kappa shape index (κ3) is 4.75. The zero-order chi connectivity index (χ0) is 12.7. The van der Waals surface area contributed by atoms with Crippen molar-refractivity contribution in [2.45, 2.75) is 6.54 Å². The van der Waals surface area contributed by atoms with Gasteiger partial charge < -0.3 is 10.4 Å². The van der Waals surface area contributed by atoms with Crippen molar-refractivity contribution in [2.75, 3.05) is 18.1 Å². The Balaban J connectivity index is 2.34. The molecule has 1 aromatic carbocycles. The summed E-state index contributed by atoms with van der Waals surface area (Å²) >= 11 is 1.73. The largest absolute Gasteiger partial charge is 0.503 e. The van der Waals surface area contributed by atoms with Crippen molar-refractivity contribution in [2.24, 2.45) is 0 Å². The Bertz CT molecular complexity index is 362. The van der Waals surface area contributed by atoms with Crippen molar-refractivity contribution in [1.82, 2.24) is 5.32 Å². The van der Waals surface area contributed by atoms with Gasteiger partial charge in [-0.3, -0.25) is 0 Å². The van der Waals surface area contributed by atoms with E-state index in [0.717, 1.165) is 30.2 Å². The summed E-state index contributed by atoms with van der Waals surface area (Å²) in [7, 11) is 0. The SMILES string of the molecule is C=CCSCCNCc1cc(F)c(O)c(F)c1. The van der Waals surface area contributed by atoms with E-state index in [0.29, 0.717) is 12.1 Å². The zero-order valence-corrected chi connectivity index (χ0v) is 10.2. The Morgan fingerprint density at radius 1 is 1.35 bits per heavy atom. The van der Waals surface area contributed by atoms with Crippen LogP contribution < -0.4 is 5.32 Å². The van der Waals surface area contributed by atoms with E-state index in [-0.39, 0.29) is 0 Å². The monoisotopic (exact) mass is 259 g/mol. The van der Waals surface area contributed by atoms with Crippen molar-refractivity contribution in [3.63, 3.8) is 0 Å². The molecule has 0 aliphatic carbocycles. The van der Waals surface area contributed by atoms with E-state index < -0.39 is 17.4 Å². The van der Waals surface area contributed by atoms with Crippen LogP contribution in [0.1, 0.15) is 5.56 Å². The Morgan fingerprint density at radius 3 is 2.59 bits per heavy atom. The molecule has 0 saturated carbocycles. The topological polar surface area (TPSA) is 32.3 Å². The lowest BCUT2D eigenvalue weighted by Crippen LogP contribution is -2.16. The molecule has 0 aliphatic rings. The molecule has 2 N–H and O–H groups in total. The third-order valence-electron chi connectivity index (χ3n) is 2.06. The van der Waals surface area contributed by atoms with Gasteiger partial charge in [-0.05, 0) is 17.7 Å². The van der Waals surface area contributed by atoms with Crippen LogP contribution in [0.2, 0.25) is 0 Å². The van der Waals surface area contributed by atoms with Gasteiger partial charge in [0.05, 0.1) is 0 Å². The van der Waals surface area contributed by atoms with E-state index in [9.17, 15) is 8.78 Å². The van der Waals surface area contributed by atoms with Gasteiger partial charge >= 0.3 is 0 Å². The average Bonchev–Trinajstić information content (AvgIpc) is 2.30. The second-order valence-electron chi connectivity index (χ2n) is 3.45. The van der Waals surface area contributed by atoms with E-state index in [4.69, 9.17) is 5.11 Å². The van der Waals surface area contributed by atoms with Crippen LogP contribution >= 0.6 is 11.8 Å². The molecule has 0 unspecified atom stereocenters. The van der Waals surface area contributed by atoms with Crippen LogP contribution in [0.25, 0.3) is 0 Å². The van der Waals surface area contributed by atoms with Crippen molar-refractivity contribution < 1.29 is 13.9 Å².